The van der Waals surface area contributed by atoms with Crippen molar-refractivity contribution in [2.24, 2.45) is 0 Å². The molecule has 0 radical (unpaired) electrons. The summed E-state index contributed by atoms with van der Waals surface area (Å²) < 4.78 is 5.36. The summed E-state index contributed by atoms with van der Waals surface area (Å²) in [6.07, 6.45) is 4.80. The summed E-state index contributed by atoms with van der Waals surface area (Å²) in [7, 11) is 1.84. The van der Waals surface area contributed by atoms with Gasteiger partial charge in [0.1, 0.15) is 17.1 Å². The first-order chi connectivity index (χ1) is 13.0. The van der Waals surface area contributed by atoms with E-state index in [0.29, 0.717) is 12.3 Å². The summed E-state index contributed by atoms with van der Waals surface area (Å²) in [6.45, 7) is 5.95. The number of nitrogens with one attached hydrogen (secondary N) is 1. The maximum atomic E-state index is 12.7. The number of anilines is 1. The Morgan fingerprint density at radius 3 is 2.74 bits per heavy atom. The third kappa shape index (κ3) is 3.24. The van der Waals surface area contributed by atoms with Crippen molar-refractivity contribution in [2.45, 2.75) is 58.8 Å². The Morgan fingerprint density at radius 2 is 2.11 bits per heavy atom. The molecule has 27 heavy (non-hydrogen) atoms. The number of hydrogen-bond acceptors (Lipinski definition) is 4. The van der Waals surface area contributed by atoms with E-state index in [0.717, 1.165) is 58.0 Å². The van der Waals surface area contributed by atoms with Crippen molar-refractivity contribution in [3.63, 3.8) is 0 Å². The van der Waals surface area contributed by atoms with Crippen LogP contribution in [0.4, 0.5) is 5.69 Å². The number of nitrogens with zero attached hydrogens (tertiary/aromatic N) is 3. The Balaban J connectivity index is 1.85. The molecule has 0 bridgehead atoms. The molecule has 2 heterocycles. The van der Waals surface area contributed by atoms with Gasteiger partial charge in [0.2, 0.25) is 5.91 Å². The van der Waals surface area contributed by atoms with Crippen LogP contribution in [0.15, 0.2) is 16.7 Å². The maximum absolute atomic E-state index is 12.7. The van der Waals surface area contributed by atoms with Gasteiger partial charge in [-0.2, -0.15) is 0 Å². The fraction of sp³-hybridized carbons (Fsp3) is 0.476. The van der Waals surface area contributed by atoms with E-state index < -0.39 is 0 Å². The summed E-state index contributed by atoms with van der Waals surface area (Å²) in [6, 6.07) is 4.13. The molecule has 0 aliphatic heterocycles. The number of carbonyl (C=O) groups excluding carboxylic acids is 1. The molecule has 1 fully saturated rings. The minimum atomic E-state index is 0.116. The van der Waals surface area contributed by atoms with E-state index in [-0.39, 0.29) is 5.91 Å². The number of amides is 1. The van der Waals surface area contributed by atoms with Gasteiger partial charge in [0.05, 0.1) is 16.9 Å². The molecule has 2 aromatic heterocycles. The van der Waals surface area contributed by atoms with E-state index in [2.05, 4.69) is 23.1 Å². The highest BCUT2D eigenvalue weighted by Gasteiger charge is 2.28. The van der Waals surface area contributed by atoms with E-state index >= 15 is 0 Å². The fourth-order valence-electron chi connectivity index (χ4n) is 3.59. The summed E-state index contributed by atoms with van der Waals surface area (Å²) in [5.41, 5.74) is 5.48. The number of H-pyrrole nitrogens is 1. The third-order valence-corrected chi connectivity index (χ3v) is 5.35. The molecule has 3 aromatic rings. The van der Waals surface area contributed by atoms with Crippen LogP contribution in [0.5, 0.6) is 0 Å². The second-order valence-corrected chi connectivity index (χ2v) is 7.54. The van der Waals surface area contributed by atoms with Gasteiger partial charge in [-0.05, 0) is 50.8 Å². The van der Waals surface area contributed by atoms with Gasteiger partial charge >= 0.3 is 0 Å². The lowest BCUT2D eigenvalue weighted by Crippen LogP contribution is -2.26. The minimum absolute atomic E-state index is 0.116. The van der Waals surface area contributed by atoms with Gasteiger partial charge < -0.3 is 14.4 Å². The summed E-state index contributed by atoms with van der Waals surface area (Å²) in [5, 5.41) is 4.08. The Labute approximate surface area is 158 Å². The number of aromatic amines is 1. The Morgan fingerprint density at radius 1 is 1.33 bits per heavy atom. The highest BCUT2D eigenvalue weighted by Crippen LogP contribution is 2.41. The molecule has 0 spiro atoms. The second kappa shape index (κ2) is 6.83. The number of benzene rings is 1. The van der Waals surface area contributed by atoms with Crippen molar-refractivity contribution in [1.29, 1.82) is 0 Å². The quantitative estimate of drug-likeness (QED) is 0.675. The molecule has 1 aliphatic rings. The lowest BCUT2D eigenvalue weighted by molar-refractivity contribution is -0.118. The SMILES string of the molecule is CCCCC(=O)N(C)c1cc(-c2c(C)noc2C)cc2[nH]c(C3CC3)nc12. The molecule has 1 saturated carbocycles. The van der Waals surface area contributed by atoms with E-state index in [1.165, 1.54) is 12.8 Å². The standard InChI is InChI=1S/C21H26N4O2/c1-5-6-7-18(26)25(4)17-11-15(19-12(2)24-27-13(19)3)10-16-20(17)23-21(22-16)14-8-9-14/h10-11,14H,5-9H2,1-4H3,(H,22,23). The lowest BCUT2D eigenvalue weighted by Gasteiger charge is -2.19. The third-order valence-electron chi connectivity index (χ3n) is 5.35. The monoisotopic (exact) mass is 366 g/mol. The van der Waals surface area contributed by atoms with Crippen molar-refractivity contribution in [2.75, 3.05) is 11.9 Å². The Bertz CT molecular complexity index is 978. The van der Waals surface area contributed by atoms with Gasteiger partial charge in [-0.3, -0.25) is 4.79 Å². The zero-order chi connectivity index (χ0) is 19.1. The van der Waals surface area contributed by atoms with Crippen LogP contribution < -0.4 is 4.90 Å². The maximum Gasteiger partial charge on any atom is 0.226 e. The van der Waals surface area contributed by atoms with E-state index in [1.54, 1.807) is 4.90 Å². The normalized spacial score (nSPS) is 14.1. The molecule has 1 amide bonds. The van der Waals surface area contributed by atoms with Crippen LogP contribution in [0.3, 0.4) is 0 Å². The highest BCUT2D eigenvalue weighted by molar-refractivity contribution is 6.03. The molecular formula is C21H26N4O2. The van der Waals surface area contributed by atoms with Crippen molar-refractivity contribution in [3.05, 3.63) is 29.4 Å². The number of aromatic nitrogens is 3. The smallest absolute Gasteiger partial charge is 0.226 e. The molecular weight excluding hydrogens is 340 g/mol. The lowest BCUT2D eigenvalue weighted by atomic mass is 10.0. The first-order valence-electron chi connectivity index (χ1n) is 9.73. The molecule has 142 valence electrons. The predicted molar refractivity (Wildman–Crippen MR) is 106 cm³/mol. The minimum Gasteiger partial charge on any atom is -0.361 e. The first-order valence-corrected chi connectivity index (χ1v) is 9.73. The molecule has 4 rings (SSSR count). The van der Waals surface area contributed by atoms with Gasteiger partial charge in [-0.25, -0.2) is 4.98 Å². The summed E-state index contributed by atoms with van der Waals surface area (Å²) >= 11 is 0. The average molecular weight is 366 g/mol. The van der Waals surface area contributed by atoms with Crippen LogP contribution in [0.25, 0.3) is 22.2 Å². The summed E-state index contributed by atoms with van der Waals surface area (Å²) in [5.74, 6) is 2.44. The predicted octanol–water partition coefficient (Wildman–Crippen LogP) is 4.87. The van der Waals surface area contributed by atoms with Crippen LogP contribution in [0.1, 0.15) is 62.2 Å². The van der Waals surface area contributed by atoms with Gasteiger partial charge in [-0.1, -0.05) is 18.5 Å². The number of rotatable bonds is 6. The zero-order valence-electron chi connectivity index (χ0n) is 16.4. The number of fused-ring (bicyclic) bond motifs is 1. The van der Waals surface area contributed by atoms with Gasteiger partial charge in [0.25, 0.3) is 0 Å². The van der Waals surface area contributed by atoms with Crippen molar-refractivity contribution >= 4 is 22.6 Å². The molecule has 6 nitrogen and oxygen atoms in total. The number of imidazole rings is 1. The largest absolute Gasteiger partial charge is 0.361 e. The van der Waals surface area contributed by atoms with Crippen LogP contribution in [0, 0.1) is 13.8 Å². The van der Waals surface area contributed by atoms with Crippen molar-refractivity contribution in [1.82, 2.24) is 15.1 Å². The Hall–Kier alpha value is -2.63. The van der Waals surface area contributed by atoms with Crippen LogP contribution in [-0.4, -0.2) is 28.1 Å². The number of hydrogen-bond donors (Lipinski definition) is 1. The van der Waals surface area contributed by atoms with Gasteiger partial charge in [0.15, 0.2) is 0 Å². The highest BCUT2D eigenvalue weighted by atomic mass is 16.5. The molecule has 1 aromatic carbocycles. The molecule has 0 atom stereocenters. The van der Waals surface area contributed by atoms with E-state index in [9.17, 15) is 4.79 Å². The Kier molecular flexibility index (Phi) is 4.50. The average Bonchev–Trinajstić information content (AvgIpc) is 3.33. The van der Waals surface area contributed by atoms with Crippen LogP contribution >= 0.6 is 0 Å². The molecule has 1 N–H and O–H groups in total. The second-order valence-electron chi connectivity index (χ2n) is 7.54. The van der Waals surface area contributed by atoms with E-state index in [4.69, 9.17) is 9.51 Å². The number of carbonyl (C=O) groups is 1. The first kappa shape index (κ1) is 17.8. The summed E-state index contributed by atoms with van der Waals surface area (Å²) in [4.78, 5) is 22.7. The van der Waals surface area contributed by atoms with Crippen molar-refractivity contribution < 1.29 is 9.32 Å². The number of aryl methyl sites for hydroxylation is 2. The van der Waals surface area contributed by atoms with E-state index in [1.807, 2.05) is 27.0 Å². The topological polar surface area (TPSA) is 75.0 Å². The fourth-order valence-corrected chi connectivity index (χ4v) is 3.59. The van der Waals surface area contributed by atoms with Crippen LogP contribution in [0.2, 0.25) is 0 Å². The molecule has 0 saturated heterocycles. The molecule has 6 heteroatoms. The molecule has 0 unspecified atom stereocenters. The van der Waals surface area contributed by atoms with Crippen molar-refractivity contribution in [3.8, 4) is 11.1 Å². The van der Waals surface area contributed by atoms with Gasteiger partial charge in [0, 0.05) is 24.9 Å². The zero-order valence-corrected chi connectivity index (χ0v) is 16.4. The molecule has 1 aliphatic carbocycles. The number of unbranched alkanes of at least 4 members (excludes halogenated alkanes) is 1. The van der Waals surface area contributed by atoms with Gasteiger partial charge in [-0.15, -0.1) is 0 Å². The van der Waals surface area contributed by atoms with Crippen LogP contribution in [-0.2, 0) is 4.79 Å².